The number of amides is 2. The molecule has 1 atom stereocenters. The Balaban J connectivity index is 2.42. The van der Waals surface area contributed by atoms with Crippen LogP contribution in [0.2, 0.25) is 0 Å². The van der Waals surface area contributed by atoms with Gasteiger partial charge in [-0.2, -0.15) is 0 Å². The topological polar surface area (TPSA) is 58.2 Å². The molecule has 1 unspecified atom stereocenters. The minimum atomic E-state index is -0.229. The fraction of sp³-hybridized carbons (Fsp3) is 0.529. The summed E-state index contributed by atoms with van der Waals surface area (Å²) in [5, 5.41) is 5.68. The van der Waals surface area contributed by atoms with Gasteiger partial charge in [0, 0.05) is 17.3 Å². The molecule has 0 fully saturated rings. The van der Waals surface area contributed by atoms with Crippen LogP contribution in [0.5, 0.6) is 0 Å². The van der Waals surface area contributed by atoms with E-state index in [0.717, 1.165) is 12.8 Å². The van der Waals surface area contributed by atoms with Crippen LogP contribution < -0.4 is 10.6 Å². The van der Waals surface area contributed by atoms with E-state index >= 15 is 0 Å². The lowest BCUT2D eigenvalue weighted by Crippen LogP contribution is -2.36. The number of nitrogens with one attached hydrogen (secondary N) is 2. The van der Waals surface area contributed by atoms with Crippen molar-refractivity contribution < 1.29 is 9.59 Å². The maximum Gasteiger partial charge on any atom is 0.319 e. The molecule has 1 rings (SSSR count). The van der Waals surface area contributed by atoms with E-state index < -0.39 is 0 Å². The smallest absolute Gasteiger partial charge is 0.319 e. The lowest BCUT2D eigenvalue weighted by atomic mass is 10.0. The third-order valence-electron chi connectivity index (χ3n) is 3.32. The molecule has 1 aromatic rings. The molecule has 0 saturated carbocycles. The molecule has 0 aliphatic carbocycles. The largest absolute Gasteiger partial charge is 0.335 e. The molecule has 0 saturated heterocycles. The number of Topliss-reactive ketones (excluding diaryl/α,β-unsaturated/α-hetero) is 1. The second kappa shape index (κ2) is 8.45. The van der Waals surface area contributed by atoms with Gasteiger partial charge in [-0.05, 0) is 38.3 Å². The van der Waals surface area contributed by atoms with Crippen LogP contribution in [0.15, 0.2) is 24.3 Å². The highest BCUT2D eigenvalue weighted by molar-refractivity contribution is 5.96. The van der Waals surface area contributed by atoms with Crippen molar-refractivity contribution in [1.29, 1.82) is 0 Å². The zero-order valence-electron chi connectivity index (χ0n) is 13.4. The summed E-state index contributed by atoms with van der Waals surface area (Å²) in [7, 11) is 0. The third-order valence-corrected chi connectivity index (χ3v) is 3.32. The number of carbonyl (C=O) groups is 2. The summed E-state index contributed by atoms with van der Waals surface area (Å²) in [6.07, 6.45) is 3.26. The van der Waals surface area contributed by atoms with E-state index in [1.54, 1.807) is 24.3 Å². The van der Waals surface area contributed by atoms with E-state index in [1.165, 1.54) is 13.3 Å². The van der Waals surface area contributed by atoms with Gasteiger partial charge in [0.25, 0.3) is 0 Å². The summed E-state index contributed by atoms with van der Waals surface area (Å²) >= 11 is 0. The molecule has 0 heterocycles. The van der Waals surface area contributed by atoms with Crippen molar-refractivity contribution >= 4 is 17.5 Å². The van der Waals surface area contributed by atoms with Crippen molar-refractivity contribution in [3.05, 3.63) is 29.8 Å². The van der Waals surface area contributed by atoms with E-state index in [1.807, 2.05) is 6.92 Å². The molecule has 2 N–H and O–H groups in total. The SMILES string of the molecule is CC(=O)c1cccc(NC(=O)NC(C)CCCC(C)C)c1. The zero-order valence-corrected chi connectivity index (χ0v) is 13.4. The van der Waals surface area contributed by atoms with E-state index in [9.17, 15) is 9.59 Å². The van der Waals surface area contributed by atoms with Gasteiger partial charge < -0.3 is 10.6 Å². The Kier molecular flexibility index (Phi) is 6.92. The first-order valence-corrected chi connectivity index (χ1v) is 7.57. The Hall–Kier alpha value is -1.84. The summed E-state index contributed by atoms with van der Waals surface area (Å²) < 4.78 is 0. The maximum absolute atomic E-state index is 11.9. The number of benzene rings is 1. The number of urea groups is 1. The molecule has 0 radical (unpaired) electrons. The van der Waals surface area contributed by atoms with Crippen LogP contribution in [-0.2, 0) is 0 Å². The molecule has 0 bridgehead atoms. The molecule has 0 spiro atoms. The van der Waals surface area contributed by atoms with E-state index in [2.05, 4.69) is 24.5 Å². The van der Waals surface area contributed by atoms with E-state index in [-0.39, 0.29) is 17.9 Å². The average molecular weight is 290 g/mol. The summed E-state index contributed by atoms with van der Waals surface area (Å²) in [4.78, 5) is 23.2. The standard InChI is InChI=1S/C17H26N2O2/c1-12(2)7-5-8-13(3)18-17(21)19-16-10-6-9-15(11-16)14(4)20/h6,9-13H,5,7-8H2,1-4H3,(H2,18,19,21). The summed E-state index contributed by atoms with van der Waals surface area (Å²) in [5.41, 5.74) is 1.23. The van der Waals surface area contributed by atoms with Crippen LogP contribution in [-0.4, -0.2) is 17.9 Å². The molecule has 0 aliphatic rings. The highest BCUT2D eigenvalue weighted by Crippen LogP contribution is 2.12. The summed E-state index contributed by atoms with van der Waals surface area (Å²) in [6, 6.07) is 6.87. The minimum Gasteiger partial charge on any atom is -0.335 e. The molecule has 0 aromatic heterocycles. The normalized spacial score (nSPS) is 12.0. The highest BCUT2D eigenvalue weighted by Gasteiger charge is 2.08. The Bertz CT molecular complexity index is 483. The fourth-order valence-electron chi connectivity index (χ4n) is 2.11. The van der Waals surface area contributed by atoms with Gasteiger partial charge in [-0.25, -0.2) is 4.79 Å². The monoisotopic (exact) mass is 290 g/mol. The number of hydrogen-bond donors (Lipinski definition) is 2. The van der Waals surface area contributed by atoms with Gasteiger partial charge in [0.1, 0.15) is 0 Å². The van der Waals surface area contributed by atoms with Gasteiger partial charge in [-0.1, -0.05) is 38.8 Å². The van der Waals surface area contributed by atoms with E-state index in [0.29, 0.717) is 17.2 Å². The number of carbonyl (C=O) groups excluding carboxylic acids is 2. The van der Waals surface area contributed by atoms with Crippen LogP contribution in [0.1, 0.15) is 57.3 Å². The van der Waals surface area contributed by atoms with Gasteiger partial charge >= 0.3 is 6.03 Å². The average Bonchev–Trinajstić information content (AvgIpc) is 2.38. The number of hydrogen-bond acceptors (Lipinski definition) is 2. The number of ketones is 1. The lowest BCUT2D eigenvalue weighted by molar-refractivity contribution is 0.101. The Labute approximate surface area is 127 Å². The molecule has 116 valence electrons. The quantitative estimate of drug-likeness (QED) is 0.738. The van der Waals surface area contributed by atoms with Gasteiger partial charge in [0.15, 0.2) is 5.78 Å². The van der Waals surface area contributed by atoms with Crippen molar-refractivity contribution in [3.63, 3.8) is 0 Å². The molecule has 4 nitrogen and oxygen atoms in total. The van der Waals surface area contributed by atoms with Crippen LogP contribution in [0.3, 0.4) is 0 Å². The fourth-order valence-corrected chi connectivity index (χ4v) is 2.11. The van der Waals surface area contributed by atoms with Crippen molar-refractivity contribution in [3.8, 4) is 0 Å². The van der Waals surface area contributed by atoms with Gasteiger partial charge in [-0.3, -0.25) is 4.79 Å². The minimum absolute atomic E-state index is 0.0129. The first kappa shape index (κ1) is 17.2. The Morgan fingerprint density at radius 3 is 2.48 bits per heavy atom. The van der Waals surface area contributed by atoms with Crippen molar-refractivity contribution in [2.75, 3.05) is 5.32 Å². The van der Waals surface area contributed by atoms with Gasteiger partial charge in [-0.15, -0.1) is 0 Å². The zero-order chi connectivity index (χ0) is 15.8. The second-order valence-corrected chi connectivity index (χ2v) is 5.96. The second-order valence-electron chi connectivity index (χ2n) is 5.96. The molecule has 21 heavy (non-hydrogen) atoms. The predicted molar refractivity (Wildman–Crippen MR) is 86.8 cm³/mol. The number of anilines is 1. The third kappa shape index (κ3) is 6.93. The molecule has 1 aromatic carbocycles. The van der Waals surface area contributed by atoms with Crippen molar-refractivity contribution in [1.82, 2.24) is 5.32 Å². The van der Waals surface area contributed by atoms with Crippen LogP contribution in [0, 0.1) is 5.92 Å². The molecular formula is C17H26N2O2. The highest BCUT2D eigenvalue weighted by atomic mass is 16.2. The Morgan fingerprint density at radius 1 is 1.14 bits per heavy atom. The van der Waals surface area contributed by atoms with Gasteiger partial charge in [0.2, 0.25) is 0 Å². The van der Waals surface area contributed by atoms with Crippen molar-refractivity contribution in [2.24, 2.45) is 5.92 Å². The molecule has 4 heteroatoms. The molecule has 2 amide bonds. The molecule has 0 aliphatic heterocycles. The molecular weight excluding hydrogens is 264 g/mol. The first-order valence-electron chi connectivity index (χ1n) is 7.57. The van der Waals surface area contributed by atoms with Crippen LogP contribution in [0.25, 0.3) is 0 Å². The maximum atomic E-state index is 11.9. The summed E-state index contributed by atoms with van der Waals surface area (Å²) in [6.45, 7) is 7.92. The summed E-state index contributed by atoms with van der Waals surface area (Å²) in [5.74, 6) is 0.682. The lowest BCUT2D eigenvalue weighted by Gasteiger charge is -2.15. The van der Waals surface area contributed by atoms with Crippen LogP contribution in [0.4, 0.5) is 10.5 Å². The van der Waals surface area contributed by atoms with Crippen LogP contribution >= 0.6 is 0 Å². The van der Waals surface area contributed by atoms with E-state index in [4.69, 9.17) is 0 Å². The number of rotatable bonds is 7. The first-order chi connectivity index (χ1) is 9.88. The predicted octanol–water partition coefficient (Wildman–Crippen LogP) is 4.23. The Morgan fingerprint density at radius 2 is 1.86 bits per heavy atom. The van der Waals surface area contributed by atoms with Crippen molar-refractivity contribution in [2.45, 2.75) is 53.0 Å². The van der Waals surface area contributed by atoms with Gasteiger partial charge in [0.05, 0.1) is 0 Å².